The first kappa shape index (κ1) is 20.2. The number of likely N-dealkylation sites (N-methyl/N-ethyl adjacent to an activating group) is 1. The summed E-state index contributed by atoms with van der Waals surface area (Å²) in [6.07, 6.45) is 0. The Kier molecular flexibility index (Phi) is 7.41. The minimum atomic E-state index is -0.327. The number of nitrogens with one attached hydrogen (secondary N) is 3. The topological polar surface area (TPSA) is 75.1 Å². The second kappa shape index (κ2) is 9.54. The predicted octanol–water partition coefficient (Wildman–Crippen LogP) is -0.110. The third kappa shape index (κ3) is 6.00. The first-order valence-electron chi connectivity index (χ1n) is 9.22. The van der Waals surface area contributed by atoms with E-state index < -0.39 is 0 Å². The molecule has 0 radical (unpaired) electrons. The molecule has 1 heterocycles. The summed E-state index contributed by atoms with van der Waals surface area (Å²) in [6.45, 7) is 9.20. The molecule has 2 rings (SSSR count). The Morgan fingerprint density at radius 3 is 2.35 bits per heavy atom. The van der Waals surface area contributed by atoms with Gasteiger partial charge in [0, 0.05) is 30.5 Å². The van der Waals surface area contributed by atoms with Gasteiger partial charge in [0.15, 0.2) is 12.6 Å². The van der Waals surface area contributed by atoms with Crippen LogP contribution in [0.1, 0.15) is 20.8 Å². The van der Waals surface area contributed by atoms with Gasteiger partial charge >= 0.3 is 0 Å². The summed E-state index contributed by atoms with van der Waals surface area (Å²) in [5.41, 5.74) is 1.89. The molecule has 1 fully saturated rings. The average Bonchev–Trinajstić information content (AvgIpc) is 2.61. The van der Waals surface area contributed by atoms with E-state index in [1.807, 2.05) is 52.1 Å². The van der Waals surface area contributed by atoms with Gasteiger partial charge in [0.1, 0.15) is 0 Å². The lowest BCUT2D eigenvalue weighted by Gasteiger charge is -2.29. The molecule has 0 saturated carbocycles. The van der Waals surface area contributed by atoms with Crippen LogP contribution in [0.4, 0.5) is 11.4 Å². The third-order valence-electron chi connectivity index (χ3n) is 4.53. The van der Waals surface area contributed by atoms with Gasteiger partial charge in [0.2, 0.25) is 0 Å². The number of anilines is 2. The summed E-state index contributed by atoms with van der Waals surface area (Å²) in [4.78, 5) is 27.4. The van der Waals surface area contributed by atoms with E-state index >= 15 is 0 Å². The summed E-state index contributed by atoms with van der Waals surface area (Å²) in [5, 5.41) is 5.78. The van der Waals surface area contributed by atoms with E-state index in [9.17, 15) is 9.59 Å². The maximum atomic E-state index is 12.5. The van der Waals surface area contributed by atoms with Crippen molar-refractivity contribution in [2.75, 3.05) is 50.1 Å². The number of quaternary nitrogens is 1. The minimum absolute atomic E-state index is 0.0491. The SMILES string of the molecule is CC(C)NC(=O)C[NH+](C)[C@H](C)C(=O)Nc1ccc(N2CCOCC2)cc1. The molecule has 1 aromatic rings. The van der Waals surface area contributed by atoms with Gasteiger partial charge in [-0.15, -0.1) is 0 Å². The van der Waals surface area contributed by atoms with Crippen LogP contribution in [0.25, 0.3) is 0 Å². The molecule has 1 aliphatic heterocycles. The minimum Gasteiger partial charge on any atom is -0.378 e. The lowest BCUT2D eigenvalue weighted by molar-refractivity contribution is -0.885. The fourth-order valence-corrected chi connectivity index (χ4v) is 2.83. The van der Waals surface area contributed by atoms with Gasteiger partial charge in [0.05, 0.1) is 20.3 Å². The van der Waals surface area contributed by atoms with Crippen LogP contribution in [0.5, 0.6) is 0 Å². The van der Waals surface area contributed by atoms with E-state index in [4.69, 9.17) is 4.74 Å². The first-order valence-corrected chi connectivity index (χ1v) is 9.22. The molecule has 2 atom stereocenters. The Labute approximate surface area is 155 Å². The summed E-state index contributed by atoms with van der Waals surface area (Å²) in [7, 11) is 1.85. The number of benzene rings is 1. The van der Waals surface area contributed by atoms with Crippen molar-refractivity contribution in [1.29, 1.82) is 0 Å². The zero-order valence-corrected chi connectivity index (χ0v) is 16.2. The molecule has 7 nitrogen and oxygen atoms in total. The smallest absolute Gasteiger partial charge is 0.282 e. The maximum Gasteiger partial charge on any atom is 0.282 e. The molecule has 7 heteroatoms. The van der Waals surface area contributed by atoms with Crippen molar-refractivity contribution in [3.05, 3.63) is 24.3 Å². The average molecular weight is 363 g/mol. The molecule has 3 N–H and O–H groups in total. The van der Waals surface area contributed by atoms with Crippen LogP contribution >= 0.6 is 0 Å². The van der Waals surface area contributed by atoms with Crippen LogP contribution in [-0.2, 0) is 14.3 Å². The maximum absolute atomic E-state index is 12.5. The van der Waals surface area contributed by atoms with Crippen molar-refractivity contribution in [2.24, 2.45) is 0 Å². The predicted molar refractivity (Wildman–Crippen MR) is 103 cm³/mol. The van der Waals surface area contributed by atoms with Gasteiger partial charge in [-0.1, -0.05) is 0 Å². The molecule has 2 amide bonds. The summed E-state index contributed by atoms with van der Waals surface area (Å²) < 4.78 is 5.37. The summed E-state index contributed by atoms with van der Waals surface area (Å²) >= 11 is 0. The second-order valence-corrected chi connectivity index (χ2v) is 7.10. The van der Waals surface area contributed by atoms with Gasteiger partial charge in [-0.05, 0) is 45.0 Å². The Hall–Kier alpha value is -2.12. The molecular formula is C19H31N4O3+. The van der Waals surface area contributed by atoms with Crippen molar-refractivity contribution in [1.82, 2.24) is 5.32 Å². The molecule has 0 aliphatic carbocycles. The quantitative estimate of drug-likeness (QED) is 0.632. The normalized spacial score (nSPS) is 16.9. The highest BCUT2D eigenvalue weighted by Gasteiger charge is 2.24. The number of morpholine rings is 1. The van der Waals surface area contributed by atoms with Crippen LogP contribution in [0.3, 0.4) is 0 Å². The number of carbonyl (C=O) groups excluding carboxylic acids is 2. The Morgan fingerprint density at radius 1 is 1.15 bits per heavy atom. The van der Waals surface area contributed by atoms with Gasteiger partial charge in [-0.3, -0.25) is 9.59 Å². The lowest BCUT2D eigenvalue weighted by atomic mass is 10.2. The lowest BCUT2D eigenvalue weighted by Crippen LogP contribution is -3.15. The van der Waals surface area contributed by atoms with Crippen molar-refractivity contribution >= 4 is 23.2 Å². The molecule has 0 aromatic heterocycles. The number of rotatable bonds is 7. The molecule has 144 valence electrons. The van der Waals surface area contributed by atoms with Crippen LogP contribution in [0, 0.1) is 0 Å². The third-order valence-corrected chi connectivity index (χ3v) is 4.53. The zero-order valence-electron chi connectivity index (χ0n) is 16.2. The van der Waals surface area contributed by atoms with Gasteiger partial charge < -0.3 is 25.2 Å². The number of nitrogens with zero attached hydrogens (tertiary/aromatic N) is 1. The Morgan fingerprint density at radius 2 is 1.77 bits per heavy atom. The van der Waals surface area contributed by atoms with Crippen molar-refractivity contribution in [3.63, 3.8) is 0 Å². The highest BCUT2D eigenvalue weighted by Crippen LogP contribution is 2.19. The molecule has 26 heavy (non-hydrogen) atoms. The number of amides is 2. The van der Waals surface area contributed by atoms with E-state index in [0.29, 0.717) is 0 Å². The summed E-state index contributed by atoms with van der Waals surface area (Å²) in [5.74, 6) is -0.147. The molecule has 1 aliphatic rings. The summed E-state index contributed by atoms with van der Waals surface area (Å²) in [6, 6.07) is 7.62. The number of carbonyl (C=O) groups is 2. The number of hydrogen-bond acceptors (Lipinski definition) is 4. The van der Waals surface area contributed by atoms with Gasteiger partial charge in [0.25, 0.3) is 11.8 Å². The van der Waals surface area contributed by atoms with Gasteiger partial charge in [-0.2, -0.15) is 0 Å². The van der Waals surface area contributed by atoms with Crippen LogP contribution in [0.2, 0.25) is 0 Å². The van der Waals surface area contributed by atoms with Crippen molar-refractivity contribution < 1.29 is 19.2 Å². The van der Waals surface area contributed by atoms with Crippen molar-refractivity contribution in [2.45, 2.75) is 32.9 Å². The largest absolute Gasteiger partial charge is 0.378 e. The molecule has 1 saturated heterocycles. The Bertz CT molecular complexity index is 597. The van der Waals surface area contributed by atoms with Gasteiger partial charge in [-0.25, -0.2) is 0 Å². The monoisotopic (exact) mass is 363 g/mol. The van der Waals surface area contributed by atoms with E-state index in [1.165, 1.54) is 0 Å². The standard InChI is InChI=1S/C19H30N4O3/c1-14(2)20-18(24)13-22(4)15(3)19(25)21-16-5-7-17(8-6-16)23-9-11-26-12-10-23/h5-8,14-15H,9-13H2,1-4H3,(H,20,24)(H,21,25)/p+1/t15-/m1/s1. The first-order chi connectivity index (χ1) is 12.4. The number of hydrogen-bond donors (Lipinski definition) is 3. The molecular weight excluding hydrogens is 332 g/mol. The molecule has 1 aromatic carbocycles. The van der Waals surface area contributed by atoms with Crippen LogP contribution in [-0.4, -0.2) is 63.8 Å². The Balaban J connectivity index is 1.86. The van der Waals surface area contributed by atoms with E-state index in [2.05, 4.69) is 15.5 Å². The zero-order chi connectivity index (χ0) is 19.1. The van der Waals surface area contributed by atoms with E-state index in [-0.39, 0.29) is 30.4 Å². The highest BCUT2D eigenvalue weighted by molar-refractivity contribution is 5.93. The molecule has 0 spiro atoms. The second-order valence-electron chi connectivity index (χ2n) is 7.10. The fourth-order valence-electron chi connectivity index (χ4n) is 2.83. The number of ether oxygens (including phenoxy) is 1. The molecule has 0 bridgehead atoms. The van der Waals surface area contributed by atoms with E-state index in [1.54, 1.807) is 0 Å². The molecule has 1 unspecified atom stereocenters. The fraction of sp³-hybridized carbons (Fsp3) is 0.579. The van der Waals surface area contributed by atoms with Crippen molar-refractivity contribution in [3.8, 4) is 0 Å². The van der Waals surface area contributed by atoms with Crippen LogP contribution in [0.15, 0.2) is 24.3 Å². The van der Waals surface area contributed by atoms with E-state index in [0.717, 1.165) is 42.6 Å². The highest BCUT2D eigenvalue weighted by atomic mass is 16.5. The van der Waals surface area contributed by atoms with Crippen LogP contribution < -0.4 is 20.4 Å².